The fourth-order valence-corrected chi connectivity index (χ4v) is 0.728. The summed E-state index contributed by atoms with van der Waals surface area (Å²) in [5, 5.41) is 16.9. The van der Waals surface area contributed by atoms with Gasteiger partial charge in [0.15, 0.2) is 0 Å². The summed E-state index contributed by atoms with van der Waals surface area (Å²) in [5.41, 5.74) is 0. The first kappa shape index (κ1) is 11.8. The van der Waals surface area contributed by atoms with Crippen LogP contribution in [0.1, 0.15) is 0 Å². The summed E-state index contributed by atoms with van der Waals surface area (Å²) in [4.78, 5) is 0. The summed E-state index contributed by atoms with van der Waals surface area (Å²) < 4.78 is 0. The summed E-state index contributed by atoms with van der Waals surface area (Å²) >= 11 is 0. The van der Waals surface area contributed by atoms with E-state index in [1.54, 1.807) is 48.5 Å². The molecule has 0 fully saturated rings. The van der Waals surface area contributed by atoms with E-state index in [9.17, 15) is 0 Å². The Hall–Kier alpha value is -1.18. The van der Waals surface area contributed by atoms with Gasteiger partial charge in [0.2, 0.25) is 0 Å². The van der Waals surface area contributed by atoms with Crippen LogP contribution in [0.25, 0.3) is 0 Å². The first-order valence-electron chi connectivity index (χ1n) is 3.60. The molecular weight excluding hydrogens is 208 g/mol. The first-order valence-corrected chi connectivity index (χ1v) is 3.60. The van der Waals surface area contributed by atoms with Crippen molar-refractivity contribution in [2.75, 3.05) is 0 Å². The van der Waals surface area contributed by atoms with Crippen LogP contribution in [0.3, 0.4) is 0 Å². The van der Waals surface area contributed by atoms with E-state index in [4.69, 9.17) is 10.2 Å². The fraction of sp³-hybridized carbons (Fsp3) is 0. The second-order valence-corrected chi connectivity index (χ2v) is 2.29. The van der Waals surface area contributed by atoms with E-state index in [0.29, 0.717) is 11.5 Å². The Morgan fingerprint density at radius 3 is 1.54 bits per heavy atom. The van der Waals surface area contributed by atoms with Crippen molar-refractivity contribution in [1.29, 1.82) is 0 Å². The van der Waals surface area contributed by atoms with Crippen molar-refractivity contribution in [3.63, 3.8) is 0 Å². The third-order valence-electron chi connectivity index (χ3n) is 1.29. The number of rotatable bonds is 0. The molecule has 2 nitrogen and oxygen atoms in total. The molecule has 0 atom stereocenters. The maximum absolute atomic E-state index is 8.47. The molecule has 0 aromatic heterocycles. The van der Waals surface area contributed by atoms with Crippen molar-refractivity contribution < 1.29 is 27.3 Å². The summed E-state index contributed by atoms with van der Waals surface area (Å²) in [6, 6.07) is 13.7. The van der Waals surface area contributed by atoms with Gasteiger partial charge in [-0.25, -0.2) is 12.1 Å². The van der Waals surface area contributed by atoms with Gasteiger partial charge in [-0.2, -0.15) is 0 Å². The summed E-state index contributed by atoms with van der Waals surface area (Å²) in [5.74, 6) is 0.685. The van der Waals surface area contributed by atoms with Crippen LogP contribution in [0.2, 0.25) is 0 Å². The van der Waals surface area contributed by atoms with Crippen molar-refractivity contribution in [3.8, 4) is 11.5 Å². The quantitative estimate of drug-likeness (QED) is 0.525. The van der Waals surface area contributed by atoms with Crippen molar-refractivity contribution in [2.24, 2.45) is 0 Å². The van der Waals surface area contributed by atoms with Crippen LogP contribution in [-0.2, 0) is 17.1 Å². The molecule has 0 spiro atoms. The predicted octanol–water partition coefficient (Wildman–Crippen LogP) is 2.22. The van der Waals surface area contributed by atoms with Gasteiger partial charge in [0.25, 0.3) is 0 Å². The van der Waals surface area contributed by atoms with E-state index in [1.807, 2.05) is 0 Å². The zero-order valence-corrected chi connectivity index (χ0v) is 7.97. The number of aromatic hydroxyl groups is 2. The topological polar surface area (TPSA) is 40.5 Å². The van der Waals surface area contributed by atoms with Crippen molar-refractivity contribution in [3.05, 3.63) is 48.5 Å². The third kappa shape index (κ3) is 5.12. The van der Waals surface area contributed by atoms with Crippen LogP contribution < -0.4 is 0 Å². The molecule has 0 amide bonds. The minimum atomic E-state index is 0. The molecule has 0 saturated carbocycles. The SMILES string of the molecule is O[c-]1[cH-][cH-][cH-][cH-]1.O[c-]1cccc1.[Fe]. The van der Waals surface area contributed by atoms with Gasteiger partial charge in [-0.05, 0) is 0 Å². The minimum Gasteiger partial charge on any atom is -0.745 e. The van der Waals surface area contributed by atoms with Crippen LogP contribution in [0.4, 0.5) is 0 Å². The molecule has 0 radical (unpaired) electrons. The Labute approximate surface area is 87.7 Å². The van der Waals surface area contributed by atoms with Gasteiger partial charge in [0, 0.05) is 22.8 Å². The molecule has 2 rings (SSSR count). The van der Waals surface area contributed by atoms with Crippen LogP contribution >= 0.6 is 0 Å². The van der Waals surface area contributed by atoms with Gasteiger partial charge in [0.05, 0.1) is 0 Å². The average Bonchev–Trinajstić information content (AvgIpc) is 2.63. The Morgan fingerprint density at radius 1 is 0.923 bits per heavy atom. The summed E-state index contributed by atoms with van der Waals surface area (Å²) in [7, 11) is 0. The second-order valence-electron chi connectivity index (χ2n) is 2.29. The average molecular weight is 218 g/mol. The molecule has 0 bridgehead atoms. The molecule has 2 aromatic rings. The van der Waals surface area contributed by atoms with Crippen molar-refractivity contribution in [1.82, 2.24) is 0 Å². The normalized spacial score (nSPS) is 8.00. The van der Waals surface area contributed by atoms with Gasteiger partial charge in [-0.3, -0.25) is 0 Å². The van der Waals surface area contributed by atoms with Gasteiger partial charge < -0.3 is 40.2 Å². The predicted molar refractivity (Wildman–Crippen MR) is 47.4 cm³/mol. The van der Waals surface area contributed by atoms with Crippen LogP contribution in [0, 0.1) is 0 Å². The molecule has 0 aliphatic rings. The Bertz CT molecular complexity index is 252. The standard InChI is InChI=1S/2C5H5O.Fe/c2*6-5-3-1-2-4-5;/h2*1-4,6H;/q-5;-1;. The van der Waals surface area contributed by atoms with Crippen LogP contribution in [-0.4, -0.2) is 10.2 Å². The smallest absolute Gasteiger partial charge is 0.00174 e. The van der Waals surface area contributed by atoms with Gasteiger partial charge >= 0.3 is 0 Å². The molecule has 3 heteroatoms. The first-order chi connectivity index (χ1) is 5.79. The van der Waals surface area contributed by atoms with Crippen molar-refractivity contribution in [2.45, 2.75) is 0 Å². The molecule has 2 N–H and O–H groups in total. The fourth-order valence-electron chi connectivity index (χ4n) is 0.728. The second kappa shape index (κ2) is 6.35. The van der Waals surface area contributed by atoms with E-state index >= 15 is 0 Å². The van der Waals surface area contributed by atoms with E-state index in [-0.39, 0.29) is 17.1 Å². The van der Waals surface area contributed by atoms with E-state index < -0.39 is 0 Å². The van der Waals surface area contributed by atoms with Crippen LogP contribution in [0.15, 0.2) is 48.5 Å². The summed E-state index contributed by atoms with van der Waals surface area (Å²) in [6.07, 6.45) is 0. The van der Waals surface area contributed by atoms with Crippen LogP contribution in [0.5, 0.6) is 11.5 Å². The molecule has 76 valence electrons. The molecule has 0 heterocycles. The Balaban J connectivity index is 0.000000206. The molecule has 2 aromatic carbocycles. The molecule has 0 aliphatic heterocycles. The zero-order valence-electron chi connectivity index (χ0n) is 6.87. The monoisotopic (exact) mass is 218 g/mol. The van der Waals surface area contributed by atoms with E-state index in [2.05, 4.69) is 0 Å². The maximum Gasteiger partial charge on any atom is 0.00174 e. The molecule has 0 unspecified atom stereocenters. The molecule has 13 heavy (non-hydrogen) atoms. The van der Waals surface area contributed by atoms with Gasteiger partial charge in [-0.1, -0.05) is 0 Å². The van der Waals surface area contributed by atoms with Gasteiger partial charge in [0.1, 0.15) is 0 Å². The zero-order chi connectivity index (χ0) is 8.81. The Morgan fingerprint density at radius 2 is 1.38 bits per heavy atom. The number of hydrogen-bond acceptors (Lipinski definition) is 2. The third-order valence-corrected chi connectivity index (χ3v) is 1.29. The molecular formula is C10H10FeO2-6. The maximum atomic E-state index is 8.47. The molecule has 0 saturated heterocycles. The largest absolute Gasteiger partial charge is 0.745 e. The van der Waals surface area contributed by atoms with Gasteiger partial charge in [-0.15, -0.1) is 12.1 Å². The van der Waals surface area contributed by atoms with E-state index in [1.165, 1.54) is 0 Å². The Kier molecular flexibility index (Phi) is 5.77. The minimum absolute atomic E-state index is 0. The summed E-state index contributed by atoms with van der Waals surface area (Å²) in [6.45, 7) is 0. The van der Waals surface area contributed by atoms with E-state index in [0.717, 1.165) is 0 Å². The van der Waals surface area contributed by atoms with Crippen molar-refractivity contribution >= 4 is 0 Å². The number of hydrogen-bond donors (Lipinski definition) is 2. The molecule has 0 aliphatic carbocycles.